The highest BCUT2D eigenvalue weighted by atomic mass is 79.9. The lowest BCUT2D eigenvalue weighted by molar-refractivity contribution is -0.154. The van der Waals surface area contributed by atoms with Crippen LogP contribution in [0.3, 0.4) is 0 Å². The predicted molar refractivity (Wildman–Crippen MR) is 83.5 cm³/mol. The monoisotopic (exact) mass is 350 g/mol. The molecule has 21 heavy (non-hydrogen) atoms. The molecule has 1 spiro atoms. The van der Waals surface area contributed by atoms with Gasteiger partial charge in [0.05, 0.1) is 0 Å². The lowest BCUT2D eigenvalue weighted by Crippen LogP contribution is -2.68. The Hall–Kier alpha value is -1.36. The van der Waals surface area contributed by atoms with Crippen molar-refractivity contribution in [3.63, 3.8) is 0 Å². The summed E-state index contributed by atoms with van der Waals surface area (Å²) in [6.07, 6.45) is 3.53. The van der Waals surface area contributed by atoms with E-state index in [1.54, 1.807) is 11.8 Å². The third-order valence-electron chi connectivity index (χ3n) is 4.64. The fraction of sp³-hybridized carbons (Fsp3) is 0.500. The number of nitrogens with zero attached hydrogens (tertiary/aromatic N) is 1. The highest BCUT2D eigenvalue weighted by Crippen LogP contribution is 2.35. The summed E-state index contributed by atoms with van der Waals surface area (Å²) in [7, 11) is 0. The molecule has 2 aliphatic rings. The lowest BCUT2D eigenvalue weighted by Gasteiger charge is -2.43. The van der Waals surface area contributed by atoms with Gasteiger partial charge in [-0.25, -0.2) is 0 Å². The molecule has 1 saturated carbocycles. The summed E-state index contributed by atoms with van der Waals surface area (Å²) in [6, 6.07) is 7.42. The SMILES string of the molecule is CC1C(=O)NC2(CCCC2)C(=O)N1Cc1ccccc1Br. The van der Waals surface area contributed by atoms with Gasteiger partial charge in [0.15, 0.2) is 0 Å². The van der Waals surface area contributed by atoms with Gasteiger partial charge in [-0.2, -0.15) is 0 Å². The molecular weight excluding hydrogens is 332 g/mol. The summed E-state index contributed by atoms with van der Waals surface area (Å²) < 4.78 is 0.969. The molecule has 1 aliphatic carbocycles. The van der Waals surface area contributed by atoms with E-state index in [1.165, 1.54) is 0 Å². The molecule has 112 valence electrons. The van der Waals surface area contributed by atoms with Gasteiger partial charge >= 0.3 is 0 Å². The van der Waals surface area contributed by atoms with Gasteiger partial charge < -0.3 is 10.2 Å². The van der Waals surface area contributed by atoms with Crippen LogP contribution in [0.15, 0.2) is 28.7 Å². The molecule has 2 fully saturated rings. The lowest BCUT2D eigenvalue weighted by atomic mass is 9.90. The van der Waals surface area contributed by atoms with E-state index in [4.69, 9.17) is 0 Å². The van der Waals surface area contributed by atoms with Gasteiger partial charge in [0, 0.05) is 11.0 Å². The Labute approximate surface area is 133 Å². The molecule has 1 atom stereocenters. The van der Waals surface area contributed by atoms with Crippen molar-refractivity contribution in [2.45, 2.75) is 50.7 Å². The first kappa shape index (κ1) is 14.6. The first-order valence-corrected chi connectivity index (χ1v) is 8.19. The van der Waals surface area contributed by atoms with Crippen molar-refractivity contribution in [1.29, 1.82) is 0 Å². The highest BCUT2D eigenvalue weighted by Gasteiger charge is 2.50. The Bertz CT molecular complexity index is 581. The molecular formula is C16H19BrN2O2. The predicted octanol–water partition coefficient (Wildman–Crippen LogP) is 2.61. The smallest absolute Gasteiger partial charge is 0.249 e. The first-order valence-electron chi connectivity index (χ1n) is 7.40. The molecule has 0 radical (unpaired) electrons. The molecule has 4 nitrogen and oxygen atoms in total. The van der Waals surface area contributed by atoms with Gasteiger partial charge in [0.1, 0.15) is 11.6 Å². The van der Waals surface area contributed by atoms with E-state index in [0.29, 0.717) is 6.54 Å². The molecule has 1 aliphatic heterocycles. The average molecular weight is 351 g/mol. The number of amides is 2. The largest absolute Gasteiger partial charge is 0.340 e. The van der Waals surface area contributed by atoms with Gasteiger partial charge in [-0.3, -0.25) is 9.59 Å². The molecule has 0 bridgehead atoms. The third kappa shape index (κ3) is 2.48. The quantitative estimate of drug-likeness (QED) is 0.891. The van der Waals surface area contributed by atoms with Gasteiger partial charge in [-0.1, -0.05) is 47.0 Å². The first-order chi connectivity index (χ1) is 10.0. The summed E-state index contributed by atoms with van der Waals surface area (Å²) in [4.78, 5) is 26.9. The van der Waals surface area contributed by atoms with Crippen LogP contribution in [0.4, 0.5) is 0 Å². The van der Waals surface area contributed by atoms with Gasteiger partial charge in [-0.15, -0.1) is 0 Å². The number of halogens is 1. The fourth-order valence-corrected chi connectivity index (χ4v) is 3.73. The van der Waals surface area contributed by atoms with Crippen molar-refractivity contribution >= 4 is 27.7 Å². The standard InChI is InChI=1S/C16H19BrN2O2/c1-11-14(20)18-16(8-4-5-9-16)15(21)19(11)10-12-6-2-3-7-13(12)17/h2-3,6-7,11H,4-5,8-10H2,1H3,(H,18,20). The van der Waals surface area contributed by atoms with E-state index in [0.717, 1.165) is 35.7 Å². The maximum Gasteiger partial charge on any atom is 0.249 e. The number of hydrogen-bond donors (Lipinski definition) is 1. The normalized spacial score (nSPS) is 24.5. The van der Waals surface area contributed by atoms with Crippen molar-refractivity contribution in [2.75, 3.05) is 0 Å². The van der Waals surface area contributed by atoms with E-state index in [2.05, 4.69) is 21.2 Å². The average Bonchev–Trinajstić information content (AvgIpc) is 2.93. The zero-order chi connectivity index (χ0) is 15.0. The molecule has 1 heterocycles. The van der Waals surface area contributed by atoms with Crippen LogP contribution >= 0.6 is 15.9 Å². The zero-order valence-electron chi connectivity index (χ0n) is 12.1. The summed E-state index contributed by atoms with van der Waals surface area (Å²) in [5, 5.41) is 2.98. The van der Waals surface area contributed by atoms with Crippen LogP contribution in [0, 0.1) is 0 Å². The number of carbonyl (C=O) groups excluding carboxylic acids is 2. The summed E-state index contributed by atoms with van der Waals surface area (Å²) >= 11 is 3.51. The number of carbonyl (C=O) groups is 2. The van der Waals surface area contributed by atoms with Gasteiger partial charge in [0.25, 0.3) is 0 Å². The number of benzene rings is 1. The molecule has 3 rings (SSSR count). The van der Waals surface area contributed by atoms with Crippen LogP contribution in [-0.4, -0.2) is 28.3 Å². The van der Waals surface area contributed by atoms with Crippen molar-refractivity contribution in [2.24, 2.45) is 0 Å². The molecule has 1 N–H and O–H groups in total. The Kier molecular flexibility index (Phi) is 3.78. The molecule has 1 saturated heterocycles. The summed E-state index contributed by atoms with van der Waals surface area (Å²) in [5.74, 6) is 0.0337. The number of rotatable bonds is 2. The molecule has 1 aromatic carbocycles. The van der Waals surface area contributed by atoms with Crippen molar-refractivity contribution in [1.82, 2.24) is 10.2 Å². The van der Waals surface area contributed by atoms with Crippen LogP contribution in [0.2, 0.25) is 0 Å². The highest BCUT2D eigenvalue weighted by molar-refractivity contribution is 9.10. The summed E-state index contributed by atoms with van der Waals surface area (Å²) in [5.41, 5.74) is 0.380. The number of hydrogen-bond acceptors (Lipinski definition) is 2. The van der Waals surface area contributed by atoms with Crippen LogP contribution < -0.4 is 5.32 Å². The van der Waals surface area contributed by atoms with Crippen LogP contribution in [0.5, 0.6) is 0 Å². The number of nitrogens with one attached hydrogen (secondary N) is 1. The molecule has 1 unspecified atom stereocenters. The van der Waals surface area contributed by atoms with E-state index in [9.17, 15) is 9.59 Å². The second-order valence-electron chi connectivity index (χ2n) is 5.98. The topological polar surface area (TPSA) is 49.4 Å². The molecule has 5 heteroatoms. The summed E-state index contributed by atoms with van der Waals surface area (Å²) in [6.45, 7) is 2.27. The molecule has 0 aromatic heterocycles. The Morgan fingerprint density at radius 2 is 1.95 bits per heavy atom. The maximum absolute atomic E-state index is 12.9. The maximum atomic E-state index is 12.9. The van der Waals surface area contributed by atoms with E-state index in [-0.39, 0.29) is 11.8 Å². The Morgan fingerprint density at radius 1 is 1.29 bits per heavy atom. The van der Waals surface area contributed by atoms with Crippen molar-refractivity contribution in [3.8, 4) is 0 Å². The fourth-order valence-electron chi connectivity index (χ4n) is 3.32. The van der Waals surface area contributed by atoms with Crippen molar-refractivity contribution < 1.29 is 9.59 Å². The van der Waals surface area contributed by atoms with Gasteiger partial charge in [-0.05, 0) is 31.4 Å². The zero-order valence-corrected chi connectivity index (χ0v) is 13.6. The molecule has 1 aromatic rings. The molecule has 2 amide bonds. The minimum Gasteiger partial charge on any atom is -0.340 e. The van der Waals surface area contributed by atoms with Crippen molar-refractivity contribution in [3.05, 3.63) is 34.3 Å². The van der Waals surface area contributed by atoms with Crippen LogP contribution in [0.25, 0.3) is 0 Å². The van der Waals surface area contributed by atoms with Crippen LogP contribution in [0.1, 0.15) is 38.2 Å². The second kappa shape index (κ2) is 5.44. The van der Waals surface area contributed by atoms with Gasteiger partial charge in [0.2, 0.25) is 11.8 Å². The van der Waals surface area contributed by atoms with E-state index in [1.807, 2.05) is 24.3 Å². The van der Waals surface area contributed by atoms with E-state index >= 15 is 0 Å². The van der Waals surface area contributed by atoms with E-state index < -0.39 is 11.6 Å². The number of piperazine rings is 1. The van der Waals surface area contributed by atoms with Crippen LogP contribution in [-0.2, 0) is 16.1 Å². The second-order valence-corrected chi connectivity index (χ2v) is 6.83. The third-order valence-corrected chi connectivity index (χ3v) is 5.41. The Morgan fingerprint density at radius 3 is 2.62 bits per heavy atom. The Balaban J connectivity index is 1.90. The minimum absolute atomic E-state index is 0.0384. The minimum atomic E-state index is -0.648.